The van der Waals surface area contributed by atoms with Gasteiger partial charge < -0.3 is 9.47 Å². The summed E-state index contributed by atoms with van der Waals surface area (Å²) in [5.74, 6) is -4.29. The molecule has 1 saturated heterocycles. The Labute approximate surface area is 204 Å². The van der Waals surface area contributed by atoms with Crippen molar-refractivity contribution in [2.45, 2.75) is 12.1 Å². The Balaban J connectivity index is 1.82. The molecule has 35 heavy (non-hydrogen) atoms. The van der Waals surface area contributed by atoms with E-state index in [0.29, 0.717) is 16.3 Å². The largest absolute Gasteiger partial charge is 0.469 e. The van der Waals surface area contributed by atoms with Crippen LogP contribution in [0, 0.1) is 22.0 Å². The number of allylic oxidation sites excluding steroid dienone is 1. The number of ether oxygens (including phenoxy) is 2. The molecule has 2 heterocycles. The van der Waals surface area contributed by atoms with Crippen LogP contribution in [0.15, 0.2) is 65.8 Å². The fourth-order valence-electron chi connectivity index (χ4n) is 4.42. The van der Waals surface area contributed by atoms with Gasteiger partial charge >= 0.3 is 11.9 Å². The second-order valence-corrected chi connectivity index (χ2v) is 8.37. The van der Waals surface area contributed by atoms with Gasteiger partial charge in [-0.25, -0.2) is 0 Å². The summed E-state index contributed by atoms with van der Waals surface area (Å²) in [4.78, 5) is 49.8. The lowest BCUT2D eigenvalue weighted by molar-refractivity contribution is -0.384. The van der Waals surface area contributed by atoms with Crippen LogP contribution in [-0.2, 0) is 19.1 Å². The number of nitro benzene ring substituents is 1. The van der Waals surface area contributed by atoms with Gasteiger partial charge in [0.25, 0.3) is 5.69 Å². The normalized spacial score (nSPS) is 22.7. The second-order valence-electron chi connectivity index (χ2n) is 7.93. The number of carbonyl (C=O) groups is 3. The Morgan fingerprint density at radius 2 is 1.57 bits per heavy atom. The van der Waals surface area contributed by atoms with Gasteiger partial charge in [0.05, 0.1) is 36.8 Å². The first-order valence-corrected chi connectivity index (χ1v) is 10.9. The molecule has 0 aromatic heterocycles. The van der Waals surface area contributed by atoms with Gasteiger partial charge in [-0.3, -0.25) is 29.5 Å². The summed E-state index contributed by atoms with van der Waals surface area (Å²) >= 11 is 5.98. The van der Waals surface area contributed by atoms with E-state index >= 15 is 0 Å². The number of halogens is 1. The number of ketones is 1. The number of hydrogen-bond donors (Lipinski definition) is 0. The van der Waals surface area contributed by atoms with Crippen LogP contribution in [0.2, 0.25) is 5.02 Å². The summed E-state index contributed by atoms with van der Waals surface area (Å²) < 4.78 is 9.91. The predicted octanol–water partition coefficient (Wildman–Crippen LogP) is 3.04. The quantitative estimate of drug-likeness (QED) is 0.258. The summed E-state index contributed by atoms with van der Waals surface area (Å²) in [6, 6.07) is 9.92. The van der Waals surface area contributed by atoms with Gasteiger partial charge in [0, 0.05) is 28.3 Å². The van der Waals surface area contributed by atoms with Crippen molar-refractivity contribution in [1.29, 1.82) is 0 Å². The number of fused-ring (bicyclic) bond motifs is 1. The van der Waals surface area contributed by atoms with E-state index in [1.54, 1.807) is 36.4 Å². The number of hydrogen-bond acceptors (Lipinski definition) is 9. The first-order chi connectivity index (χ1) is 16.8. The number of hydrazone groups is 1. The highest BCUT2D eigenvalue weighted by atomic mass is 35.5. The van der Waals surface area contributed by atoms with E-state index in [1.807, 2.05) is 0 Å². The van der Waals surface area contributed by atoms with Gasteiger partial charge in [-0.05, 0) is 30.3 Å². The van der Waals surface area contributed by atoms with Gasteiger partial charge in [0.2, 0.25) is 0 Å². The first kappa shape index (κ1) is 24.1. The number of methoxy groups -OCH3 is 2. The van der Waals surface area contributed by atoms with Crippen molar-refractivity contribution in [3.63, 3.8) is 0 Å². The lowest BCUT2D eigenvalue weighted by atomic mass is 9.84. The maximum atomic E-state index is 13.7. The molecule has 0 N–H and O–H groups in total. The highest BCUT2D eigenvalue weighted by molar-refractivity contribution is 6.30. The van der Waals surface area contributed by atoms with E-state index in [4.69, 9.17) is 21.1 Å². The van der Waals surface area contributed by atoms with Crippen LogP contribution in [0.25, 0.3) is 0 Å². The van der Waals surface area contributed by atoms with Crippen LogP contribution in [0.3, 0.4) is 0 Å². The Morgan fingerprint density at radius 3 is 2.14 bits per heavy atom. The summed E-state index contributed by atoms with van der Waals surface area (Å²) in [6.07, 6.45) is 3.39. The van der Waals surface area contributed by atoms with E-state index < -0.39 is 46.6 Å². The molecule has 1 fully saturated rings. The molecular formula is C24H20ClN3O7. The van der Waals surface area contributed by atoms with E-state index in [0.717, 1.165) is 0 Å². The zero-order valence-electron chi connectivity index (χ0n) is 18.7. The smallest absolute Gasteiger partial charge is 0.312 e. The van der Waals surface area contributed by atoms with Crippen LogP contribution in [0.5, 0.6) is 0 Å². The number of rotatable bonds is 6. The minimum atomic E-state index is -1.22. The summed E-state index contributed by atoms with van der Waals surface area (Å²) in [6.45, 7) is 0. The standard InChI is InChI=1S/C24H20ClN3O7/c1-34-23(30)19-18-12-11-17(13-3-7-15(25)8-4-13)26-27(18)21(20(19)24(31)35-2)22(29)14-5-9-16(10-6-14)28(32)33/h3-12,18-21H,1-2H3/t18?,19-,20-,21?/m1/s1. The average Bonchev–Trinajstić information content (AvgIpc) is 3.22. The molecule has 2 aromatic rings. The number of nitrogens with zero attached hydrogens (tertiary/aromatic N) is 3. The van der Waals surface area contributed by atoms with Crippen LogP contribution in [-0.4, -0.2) is 59.7 Å². The third kappa shape index (κ3) is 4.40. The fraction of sp³-hybridized carbons (Fsp3) is 0.250. The number of non-ortho nitro benzene ring substituents is 1. The average molecular weight is 498 g/mol. The zero-order chi connectivity index (χ0) is 25.3. The van der Waals surface area contributed by atoms with Crippen molar-refractivity contribution < 1.29 is 28.8 Å². The molecule has 2 unspecified atom stereocenters. The van der Waals surface area contributed by atoms with Crippen molar-refractivity contribution in [3.8, 4) is 0 Å². The van der Waals surface area contributed by atoms with E-state index in [-0.39, 0.29) is 11.3 Å². The molecule has 2 aliphatic heterocycles. The maximum Gasteiger partial charge on any atom is 0.312 e. The lowest BCUT2D eigenvalue weighted by Gasteiger charge is -2.29. The zero-order valence-corrected chi connectivity index (χ0v) is 19.4. The molecule has 180 valence electrons. The molecule has 10 nitrogen and oxygen atoms in total. The highest BCUT2D eigenvalue weighted by Gasteiger charge is 2.59. The van der Waals surface area contributed by atoms with Crippen molar-refractivity contribution >= 4 is 40.7 Å². The molecule has 4 atom stereocenters. The molecule has 0 amide bonds. The summed E-state index contributed by atoms with van der Waals surface area (Å²) in [5.41, 5.74) is 1.14. The van der Waals surface area contributed by atoms with Crippen molar-refractivity contribution in [1.82, 2.24) is 5.01 Å². The molecule has 0 aliphatic carbocycles. The van der Waals surface area contributed by atoms with E-state index in [1.165, 1.54) is 43.5 Å². The molecule has 11 heteroatoms. The molecular weight excluding hydrogens is 478 g/mol. The third-order valence-electron chi connectivity index (χ3n) is 6.08. The van der Waals surface area contributed by atoms with Crippen LogP contribution in [0.4, 0.5) is 5.69 Å². The Morgan fingerprint density at radius 1 is 0.971 bits per heavy atom. The monoisotopic (exact) mass is 497 g/mol. The van der Waals surface area contributed by atoms with Crippen molar-refractivity contribution in [2.24, 2.45) is 16.9 Å². The van der Waals surface area contributed by atoms with Gasteiger partial charge in [0.1, 0.15) is 12.0 Å². The third-order valence-corrected chi connectivity index (χ3v) is 6.33. The number of esters is 2. The van der Waals surface area contributed by atoms with Crippen molar-refractivity contribution in [2.75, 3.05) is 14.2 Å². The molecule has 2 aliphatic rings. The predicted molar refractivity (Wildman–Crippen MR) is 125 cm³/mol. The lowest BCUT2D eigenvalue weighted by Crippen LogP contribution is -2.43. The van der Waals surface area contributed by atoms with E-state index in [2.05, 4.69) is 5.10 Å². The summed E-state index contributed by atoms with van der Waals surface area (Å²) in [5, 5.41) is 17.6. The van der Waals surface area contributed by atoms with Crippen molar-refractivity contribution in [3.05, 3.63) is 86.9 Å². The number of benzene rings is 2. The second kappa shape index (κ2) is 9.67. The molecule has 4 rings (SSSR count). The number of Topliss-reactive ketones (excluding diaryl/α,β-unsaturated/α-hetero) is 1. The Kier molecular flexibility index (Phi) is 6.65. The minimum Gasteiger partial charge on any atom is -0.469 e. The van der Waals surface area contributed by atoms with Crippen LogP contribution >= 0.6 is 11.6 Å². The molecule has 2 aromatic carbocycles. The van der Waals surface area contributed by atoms with E-state index in [9.17, 15) is 24.5 Å². The van der Waals surface area contributed by atoms with Crippen LogP contribution in [0.1, 0.15) is 15.9 Å². The summed E-state index contributed by atoms with van der Waals surface area (Å²) in [7, 11) is 2.36. The SMILES string of the molecule is COC(=O)[C@@H]1C2C=CC(c3ccc(Cl)cc3)=NN2C(C(=O)c2ccc([N+](=O)[O-])cc2)[C@@H]1C(=O)OC. The maximum absolute atomic E-state index is 13.7. The highest BCUT2D eigenvalue weighted by Crippen LogP contribution is 2.41. The number of nitro groups is 1. The van der Waals surface area contributed by atoms with Gasteiger partial charge in [-0.2, -0.15) is 5.10 Å². The Hall–Kier alpha value is -4.05. The number of carbonyl (C=O) groups excluding carboxylic acids is 3. The topological polar surface area (TPSA) is 128 Å². The molecule has 0 spiro atoms. The molecule has 0 radical (unpaired) electrons. The van der Waals surface area contributed by atoms with Gasteiger partial charge in [0.15, 0.2) is 5.78 Å². The van der Waals surface area contributed by atoms with Gasteiger partial charge in [-0.1, -0.05) is 29.8 Å². The Bertz CT molecular complexity index is 1240. The molecule has 0 saturated carbocycles. The minimum absolute atomic E-state index is 0.122. The molecule has 0 bridgehead atoms. The van der Waals surface area contributed by atoms with Gasteiger partial charge in [-0.15, -0.1) is 0 Å². The first-order valence-electron chi connectivity index (χ1n) is 10.5. The fourth-order valence-corrected chi connectivity index (χ4v) is 4.54. The van der Waals surface area contributed by atoms with Crippen LogP contribution < -0.4 is 0 Å².